The first-order valence-corrected chi connectivity index (χ1v) is 11.7. The number of hydrogen-bond acceptors (Lipinski definition) is 7. The fraction of sp³-hybridized carbons (Fsp3) is 0.500. The lowest BCUT2D eigenvalue weighted by Gasteiger charge is -2.19. The molecule has 2 N–H and O–H groups in total. The third-order valence-corrected chi connectivity index (χ3v) is 6.70. The zero-order valence-electron chi connectivity index (χ0n) is 17.4. The highest BCUT2D eigenvalue weighted by Gasteiger charge is 2.36. The van der Waals surface area contributed by atoms with Gasteiger partial charge in [0.25, 0.3) is 0 Å². The number of esters is 1. The molecule has 2 unspecified atom stereocenters. The third-order valence-electron chi connectivity index (χ3n) is 4.96. The number of carbonyl (C=O) groups is 4. The summed E-state index contributed by atoms with van der Waals surface area (Å²) in [5.41, 5.74) is 0.829. The summed E-state index contributed by atoms with van der Waals surface area (Å²) in [5, 5.41) is 11.6. The number of anilines is 1. The van der Waals surface area contributed by atoms with Crippen LogP contribution in [0, 0.1) is 5.92 Å². The van der Waals surface area contributed by atoms with Crippen molar-refractivity contribution in [2.45, 2.75) is 32.7 Å². The van der Waals surface area contributed by atoms with Crippen LogP contribution in [-0.2, 0) is 29.0 Å². The van der Waals surface area contributed by atoms with E-state index in [2.05, 4.69) is 5.32 Å². The Morgan fingerprint density at radius 2 is 1.87 bits per heavy atom. The Balaban J connectivity index is 2.02. The average Bonchev–Trinajstić information content (AvgIpc) is 3.12. The van der Waals surface area contributed by atoms with E-state index in [0.29, 0.717) is 11.3 Å². The predicted octanol–water partition coefficient (Wildman–Crippen LogP) is 0.610. The minimum absolute atomic E-state index is 0.0447. The third kappa shape index (κ3) is 6.51. The molecule has 0 radical (unpaired) electrons. The zero-order chi connectivity index (χ0) is 23.2. The summed E-state index contributed by atoms with van der Waals surface area (Å²) in [6.07, 6.45) is -0.359. The number of ether oxygens (including phenoxy) is 1. The maximum Gasteiger partial charge on any atom is 0.338 e. The van der Waals surface area contributed by atoms with Crippen molar-refractivity contribution in [1.82, 2.24) is 5.32 Å². The second-order valence-corrected chi connectivity index (χ2v) is 9.57. The first kappa shape index (κ1) is 24.3. The van der Waals surface area contributed by atoms with E-state index in [1.165, 1.54) is 24.0 Å². The molecule has 1 saturated heterocycles. The number of nitrogens with one attached hydrogen (secondary N) is 1. The quantitative estimate of drug-likeness (QED) is 0.489. The van der Waals surface area contributed by atoms with Crippen LogP contribution in [0.25, 0.3) is 0 Å². The van der Waals surface area contributed by atoms with Crippen LogP contribution in [0.5, 0.6) is 0 Å². The molecule has 1 aromatic rings. The number of nitrogens with zero attached hydrogens (tertiary/aromatic N) is 1. The largest absolute Gasteiger partial charge is 0.480 e. The van der Waals surface area contributed by atoms with Gasteiger partial charge in [-0.25, -0.2) is 18.0 Å². The molecule has 10 nitrogen and oxygen atoms in total. The molecule has 0 bridgehead atoms. The van der Waals surface area contributed by atoms with E-state index in [9.17, 15) is 32.7 Å². The number of sulfone groups is 1. The fourth-order valence-electron chi connectivity index (χ4n) is 3.11. The lowest BCUT2D eigenvalue weighted by Crippen LogP contribution is -2.45. The van der Waals surface area contributed by atoms with Crippen molar-refractivity contribution in [3.05, 3.63) is 29.8 Å². The topological polar surface area (TPSA) is 147 Å². The molecule has 2 rings (SSSR count). The molecular formula is C20H26N2O8S. The van der Waals surface area contributed by atoms with Crippen molar-refractivity contribution in [3.8, 4) is 0 Å². The van der Waals surface area contributed by atoms with Gasteiger partial charge in [0.05, 0.1) is 23.8 Å². The molecule has 1 aliphatic rings. The number of amides is 2. The second kappa shape index (κ2) is 10.4. The van der Waals surface area contributed by atoms with Gasteiger partial charge < -0.3 is 20.1 Å². The molecular weight excluding hydrogens is 428 g/mol. The van der Waals surface area contributed by atoms with Crippen LogP contribution in [0.3, 0.4) is 0 Å². The predicted molar refractivity (Wildman–Crippen MR) is 111 cm³/mol. The standard InChI is InChI=1S/C20H26N2O8S/c1-3-30-20(27)13-5-7-15(8-6-13)22-12-14(11-17(22)23)18(24)21-16(19(25)26)9-10-31(28,29)4-2/h5-8,14,16H,3-4,9-12H2,1-2H3,(H,21,24)(H,25,26). The first-order valence-electron chi connectivity index (χ1n) is 9.89. The van der Waals surface area contributed by atoms with E-state index in [0.717, 1.165) is 0 Å². The Bertz CT molecular complexity index is 942. The number of rotatable bonds is 10. The van der Waals surface area contributed by atoms with E-state index in [4.69, 9.17) is 4.74 Å². The maximum atomic E-state index is 12.5. The highest BCUT2D eigenvalue weighted by molar-refractivity contribution is 7.91. The van der Waals surface area contributed by atoms with Gasteiger partial charge in [-0.05, 0) is 37.6 Å². The van der Waals surface area contributed by atoms with Crippen LogP contribution < -0.4 is 10.2 Å². The molecule has 11 heteroatoms. The maximum absolute atomic E-state index is 12.5. The van der Waals surface area contributed by atoms with Crippen molar-refractivity contribution >= 4 is 39.3 Å². The molecule has 0 spiro atoms. The van der Waals surface area contributed by atoms with Gasteiger partial charge >= 0.3 is 11.9 Å². The van der Waals surface area contributed by atoms with Crippen LogP contribution in [0.4, 0.5) is 5.69 Å². The van der Waals surface area contributed by atoms with Crippen molar-refractivity contribution in [2.24, 2.45) is 5.92 Å². The van der Waals surface area contributed by atoms with Crippen LogP contribution >= 0.6 is 0 Å². The number of carbonyl (C=O) groups excluding carboxylic acids is 3. The Morgan fingerprint density at radius 1 is 1.23 bits per heavy atom. The van der Waals surface area contributed by atoms with E-state index in [1.807, 2.05) is 0 Å². The average molecular weight is 455 g/mol. The molecule has 170 valence electrons. The lowest BCUT2D eigenvalue weighted by molar-refractivity contribution is -0.142. The number of carboxylic acids is 1. The van der Waals surface area contributed by atoms with E-state index in [-0.39, 0.29) is 43.4 Å². The fourth-order valence-corrected chi connectivity index (χ4v) is 4.00. The van der Waals surface area contributed by atoms with Gasteiger partial charge in [-0.2, -0.15) is 0 Å². The van der Waals surface area contributed by atoms with Gasteiger partial charge in [0, 0.05) is 24.4 Å². The molecule has 1 aliphatic heterocycles. The monoisotopic (exact) mass is 454 g/mol. The number of hydrogen-bond donors (Lipinski definition) is 2. The number of aliphatic carboxylic acids is 1. The van der Waals surface area contributed by atoms with Gasteiger partial charge in [-0.1, -0.05) is 6.92 Å². The highest BCUT2D eigenvalue weighted by atomic mass is 32.2. The van der Waals surface area contributed by atoms with Gasteiger partial charge in [-0.3, -0.25) is 9.59 Å². The van der Waals surface area contributed by atoms with Crippen molar-refractivity contribution in [2.75, 3.05) is 29.6 Å². The zero-order valence-corrected chi connectivity index (χ0v) is 18.2. The molecule has 1 aromatic carbocycles. The van der Waals surface area contributed by atoms with Crippen LogP contribution in [0.2, 0.25) is 0 Å². The van der Waals surface area contributed by atoms with Gasteiger partial charge in [0.15, 0.2) is 0 Å². The molecule has 0 aliphatic carbocycles. The molecule has 1 heterocycles. The van der Waals surface area contributed by atoms with E-state index < -0.39 is 39.6 Å². The van der Waals surface area contributed by atoms with Gasteiger partial charge in [0.1, 0.15) is 15.9 Å². The minimum atomic E-state index is -3.38. The van der Waals surface area contributed by atoms with Crippen molar-refractivity contribution < 1.29 is 37.4 Å². The first-order chi connectivity index (χ1) is 14.6. The Hall–Kier alpha value is -2.95. The Labute approximate surface area is 180 Å². The minimum Gasteiger partial charge on any atom is -0.480 e. The summed E-state index contributed by atoms with van der Waals surface area (Å²) >= 11 is 0. The summed E-state index contributed by atoms with van der Waals surface area (Å²) < 4.78 is 28.2. The van der Waals surface area contributed by atoms with Gasteiger partial charge in [0.2, 0.25) is 11.8 Å². The smallest absolute Gasteiger partial charge is 0.338 e. The highest BCUT2D eigenvalue weighted by Crippen LogP contribution is 2.26. The SMILES string of the molecule is CCOC(=O)c1ccc(N2CC(C(=O)NC(CCS(=O)(=O)CC)C(=O)O)CC2=O)cc1. The molecule has 2 amide bonds. The molecule has 1 fully saturated rings. The van der Waals surface area contributed by atoms with Crippen molar-refractivity contribution in [1.29, 1.82) is 0 Å². The van der Waals surface area contributed by atoms with Gasteiger partial charge in [-0.15, -0.1) is 0 Å². The van der Waals surface area contributed by atoms with Crippen LogP contribution in [0.15, 0.2) is 24.3 Å². The number of carboxylic acid groups (broad SMARTS) is 1. The van der Waals surface area contributed by atoms with Crippen LogP contribution in [0.1, 0.15) is 37.0 Å². The number of benzene rings is 1. The molecule has 31 heavy (non-hydrogen) atoms. The summed E-state index contributed by atoms with van der Waals surface area (Å²) in [7, 11) is -3.38. The lowest BCUT2D eigenvalue weighted by atomic mass is 10.1. The summed E-state index contributed by atoms with van der Waals surface area (Å²) in [6, 6.07) is 4.81. The summed E-state index contributed by atoms with van der Waals surface area (Å²) in [4.78, 5) is 49.4. The van der Waals surface area contributed by atoms with Crippen molar-refractivity contribution in [3.63, 3.8) is 0 Å². The Kier molecular flexibility index (Phi) is 8.14. The summed E-state index contributed by atoms with van der Waals surface area (Å²) in [6.45, 7) is 3.44. The second-order valence-electron chi connectivity index (χ2n) is 7.10. The van der Waals surface area contributed by atoms with E-state index >= 15 is 0 Å². The molecule has 2 atom stereocenters. The molecule has 0 saturated carbocycles. The Morgan fingerprint density at radius 3 is 2.42 bits per heavy atom. The van der Waals surface area contributed by atoms with E-state index in [1.54, 1.807) is 19.1 Å². The van der Waals surface area contributed by atoms with Crippen LogP contribution in [-0.4, -0.2) is 68.0 Å². The normalized spacial score (nSPS) is 17.3. The summed E-state index contributed by atoms with van der Waals surface area (Å²) in [5.74, 6) is -4.01. The molecule has 0 aromatic heterocycles.